The molecular formula is C26H27ClN6O2. The molecule has 0 bridgehead atoms. The van der Waals surface area contributed by atoms with Crippen molar-refractivity contribution in [2.75, 3.05) is 44.1 Å². The second kappa shape index (κ2) is 9.69. The summed E-state index contributed by atoms with van der Waals surface area (Å²) >= 11 is 6.14. The quantitative estimate of drug-likeness (QED) is 0.236. The summed E-state index contributed by atoms with van der Waals surface area (Å²) < 4.78 is 0. The fraction of sp³-hybridized carbons (Fsp3) is 0.154. The number of likely N-dealkylation sites (N-methyl/N-ethyl adjacent to an activating group) is 2. The van der Waals surface area contributed by atoms with Crippen LogP contribution in [0.1, 0.15) is 11.1 Å². The third kappa shape index (κ3) is 5.08. The number of H-pyrrole nitrogens is 1. The monoisotopic (exact) mass is 490 g/mol. The van der Waals surface area contributed by atoms with Crippen LogP contribution in [0.3, 0.4) is 0 Å². The van der Waals surface area contributed by atoms with Crippen molar-refractivity contribution in [3.63, 3.8) is 0 Å². The van der Waals surface area contributed by atoms with Gasteiger partial charge in [-0.2, -0.15) is 0 Å². The number of hydrogen-bond donors (Lipinski definition) is 4. The topological polar surface area (TPSA) is 124 Å². The molecule has 4 rings (SSSR count). The highest BCUT2D eigenvalue weighted by molar-refractivity contribution is 6.31. The van der Waals surface area contributed by atoms with Crippen molar-refractivity contribution in [1.82, 2.24) is 9.88 Å². The summed E-state index contributed by atoms with van der Waals surface area (Å²) in [4.78, 5) is 23.7. The molecule has 0 spiro atoms. The van der Waals surface area contributed by atoms with Crippen LogP contribution in [0, 0.1) is 0 Å². The number of nitrogen functional groups attached to an aromatic ring is 2. The van der Waals surface area contributed by atoms with Crippen LogP contribution in [0.4, 0.5) is 22.7 Å². The van der Waals surface area contributed by atoms with Crippen molar-refractivity contribution in [3.05, 3.63) is 76.8 Å². The van der Waals surface area contributed by atoms with Gasteiger partial charge >= 0.3 is 0 Å². The Morgan fingerprint density at radius 3 is 2.37 bits per heavy atom. The van der Waals surface area contributed by atoms with Gasteiger partial charge in [0, 0.05) is 28.7 Å². The summed E-state index contributed by atoms with van der Waals surface area (Å²) in [5.41, 5.74) is 16.6. The number of carbonyl (C=O) groups excluding carboxylic acids is 1. The maximum atomic E-state index is 12.4. The molecule has 180 valence electrons. The average Bonchev–Trinajstić information content (AvgIpc) is 3.13. The molecule has 4 aromatic rings. The fourth-order valence-corrected chi connectivity index (χ4v) is 3.95. The van der Waals surface area contributed by atoms with Gasteiger partial charge in [-0.25, -0.2) is 4.99 Å². The SMILES string of the molecule is CN(C)CC(=O)N(C)c1ccc(N=C(c2ccc(N)c(N)c2)c2c(O)[nH]c3cc(Cl)ccc23)cc1. The molecule has 0 saturated heterocycles. The second-order valence-electron chi connectivity index (χ2n) is 8.55. The lowest BCUT2D eigenvalue weighted by molar-refractivity contribution is -0.118. The minimum atomic E-state index is -0.0398. The largest absolute Gasteiger partial charge is 0.494 e. The number of aromatic nitrogens is 1. The maximum Gasteiger partial charge on any atom is 0.240 e. The molecule has 0 unspecified atom stereocenters. The molecule has 6 N–H and O–H groups in total. The minimum absolute atomic E-state index is 0.0216. The summed E-state index contributed by atoms with van der Waals surface area (Å²) in [5.74, 6) is -0.0614. The highest BCUT2D eigenvalue weighted by Crippen LogP contribution is 2.34. The first-order valence-corrected chi connectivity index (χ1v) is 11.3. The molecule has 1 aromatic heterocycles. The highest BCUT2D eigenvalue weighted by atomic mass is 35.5. The number of aromatic hydroxyl groups is 1. The highest BCUT2D eigenvalue weighted by Gasteiger charge is 2.20. The summed E-state index contributed by atoms with van der Waals surface area (Å²) in [6.07, 6.45) is 0. The number of carbonyl (C=O) groups is 1. The maximum absolute atomic E-state index is 12.4. The Morgan fingerprint density at radius 1 is 1.00 bits per heavy atom. The predicted molar refractivity (Wildman–Crippen MR) is 144 cm³/mol. The standard InChI is InChI=1S/C26H27ClN6O2/c1-32(2)14-23(34)33(3)18-8-6-17(7-9-18)30-25(15-4-11-20(28)21(29)12-15)24-19-10-5-16(27)13-22(19)31-26(24)35/h4-13,31,35H,14,28-29H2,1-3H3. The Labute approximate surface area is 208 Å². The van der Waals surface area contributed by atoms with Crippen LogP contribution in [0.2, 0.25) is 5.02 Å². The van der Waals surface area contributed by atoms with Gasteiger partial charge in [0.05, 0.1) is 40.4 Å². The number of amides is 1. The zero-order valence-electron chi connectivity index (χ0n) is 19.7. The molecule has 0 atom stereocenters. The number of rotatable bonds is 6. The Balaban J connectivity index is 1.81. The van der Waals surface area contributed by atoms with Gasteiger partial charge in [0.1, 0.15) is 0 Å². The van der Waals surface area contributed by atoms with Gasteiger partial charge in [-0.3, -0.25) is 4.79 Å². The predicted octanol–water partition coefficient (Wildman–Crippen LogP) is 4.38. The van der Waals surface area contributed by atoms with E-state index in [9.17, 15) is 9.90 Å². The molecule has 9 heteroatoms. The minimum Gasteiger partial charge on any atom is -0.494 e. The summed E-state index contributed by atoms with van der Waals surface area (Å²) in [6.45, 7) is 0.309. The van der Waals surface area contributed by atoms with E-state index in [2.05, 4.69) is 4.98 Å². The molecule has 1 amide bonds. The van der Waals surface area contributed by atoms with Crippen molar-refractivity contribution >= 4 is 56.9 Å². The molecule has 0 fully saturated rings. The summed E-state index contributed by atoms with van der Waals surface area (Å²) in [7, 11) is 5.44. The molecule has 0 aliphatic carbocycles. The van der Waals surface area contributed by atoms with Gasteiger partial charge in [0.25, 0.3) is 0 Å². The smallest absolute Gasteiger partial charge is 0.240 e. The molecule has 0 radical (unpaired) electrons. The van der Waals surface area contributed by atoms with E-state index in [0.29, 0.717) is 51.0 Å². The first-order chi connectivity index (χ1) is 16.6. The molecule has 1 heterocycles. The van der Waals surface area contributed by atoms with E-state index in [-0.39, 0.29) is 11.8 Å². The molecule has 0 saturated carbocycles. The number of nitrogens with two attached hydrogens (primary N) is 2. The third-order valence-electron chi connectivity index (χ3n) is 5.64. The average molecular weight is 491 g/mol. The summed E-state index contributed by atoms with van der Waals surface area (Å²) in [6, 6.07) is 17.9. The van der Waals surface area contributed by atoms with Crippen LogP contribution in [0.15, 0.2) is 65.7 Å². The van der Waals surface area contributed by atoms with Gasteiger partial charge < -0.3 is 31.4 Å². The van der Waals surface area contributed by atoms with E-state index in [1.165, 1.54) is 0 Å². The van der Waals surface area contributed by atoms with Crippen molar-refractivity contribution in [2.45, 2.75) is 0 Å². The Kier molecular flexibility index (Phi) is 6.68. The van der Waals surface area contributed by atoms with Gasteiger partial charge in [0.2, 0.25) is 5.91 Å². The lowest BCUT2D eigenvalue weighted by Gasteiger charge is -2.19. The lowest BCUT2D eigenvalue weighted by Crippen LogP contribution is -2.34. The van der Waals surface area contributed by atoms with Crippen LogP contribution in [-0.2, 0) is 4.79 Å². The zero-order valence-corrected chi connectivity index (χ0v) is 20.5. The molecular weight excluding hydrogens is 464 g/mol. The third-order valence-corrected chi connectivity index (χ3v) is 5.88. The van der Waals surface area contributed by atoms with E-state index < -0.39 is 0 Å². The van der Waals surface area contributed by atoms with Crippen molar-refractivity contribution in [1.29, 1.82) is 0 Å². The molecule has 0 aliphatic rings. The number of fused-ring (bicyclic) bond motifs is 1. The van der Waals surface area contributed by atoms with Crippen LogP contribution in [-0.4, -0.2) is 54.3 Å². The van der Waals surface area contributed by atoms with Crippen LogP contribution >= 0.6 is 11.6 Å². The Morgan fingerprint density at radius 2 is 1.71 bits per heavy atom. The number of nitrogens with zero attached hydrogens (tertiary/aromatic N) is 3. The number of anilines is 3. The van der Waals surface area contributed by atoms with Gasteiger partial charge in [-0.05, 0) is 62.6 Å². The first kappa shape index (κ1) is 24.1. The van der Waals surface area contributed by atoms with Crippen molar-refractivity contribution in [3.8, 4) is 5.88 Å². The van der Waals surface area contributed by atoms with Gasteiger partial charge in [0.15, 0.2) is 5.88 Å². The number of aromatic amines is 1. The van der Waals surface area contributed by atoms with E-state index in [1.54, 1.807) is 42.3 Å². The van der Waals surface area contributed by atoms with Crippen molar-refractivity contribution < 1.29 is 9.90 Å². The Hall–Kier alpha value is -4.01. The van der Waals surface area contributed by atoms with Crippen LogP contribution < -0.4 is 16.4 Å². The summed E-state index contributed by atoms with van der Waals surface area (Å²) in [5, 5.41) is 12.1. The van der Waals surface area contributed by atoms with E-state index in [0.717, 1.165) is 11.1 Å². The molecule has 0 aliphatic heterocycles. The van der Waals surface area contributed by atoms with E-state index in [1.807, 2.05) is 49.3 Å². The van der Waals surface area contributed by atoms with Crippen LogP contribution in [0.5, 0.6) is 5.88 Å². The zero-order chi connectivity index (χ0) is 25.3. The Bertz CT molecular complexity index is 1430. The molecule has 8 nitrogen and oxygen atoms in total. The number of nitrogens with one attached hydrogen (secondary N) is 1. The molecule has 3 aromatic carbocycles. The fourth-order valence-electron chi connectivity index (χ4n) is 3.78. The number of hydrogen-bond acceptors (Lipinski definition) is 6. The normalized spacial score (nSPS) is 11.9. The van der Waals surface area contributed by atoms with E-state index >= 15 is 0 Å². The van der Waals surface area contributed by atoms with Gasteiger partial charge in [-0.1, -0.05) is 23.7 Å². The van der Waals surface area contributed by atoms with Crippen molar-refractivity contribution in [2.24, 2.45) is 4.99 Å². The lowest BCUT2D eigenvalue weighted by atomic mass is 10.00. The second-order valence-corrected chi connectivity index (χ2v) is 8.99. The van der Waals surface area contributed by atoms with E-state index in [4.69, 9.17) is 28.1 Å². The number of aliphatic imine (C=N–C) groups is 1. The van der Waals surface area contributed by atoms with Crippen LogP contribution in [0.25, 0.3) is 10.9 Å². The molecule has 35 heavy (non-hydrogen) atoms. The number of halogens is 1. The number of benzene rings is 3. The van der Waals surface area contributed by atoms with Gasteiger partial charge in [-0.15, -0.1) is 0 Å². The first-order valence-electron chi connectivity index (χ1n) is 10.9.